The highest BCUT2D eigenvalue weighted by Gasteiger charge is 2.24. The van der Waals surface area contributed by atoms with Crippen LogP contribution in [0.2, 0.25) is 0 Å². The van der Waals surface area contributed by atoms with Crippen molar-refractivity contribution in [2.24, 2.45) is 0 Å². The van der Waals surface area contributed by atoms with Crippen molar-refractivity contribution < 1.29 is 18.8 Å². The number of rotatable bonds is 8. The molecule has 1 unspecified atom stereocenters. The minimum atomic E-state index is -0.152. The van der Waals surface area contributed by atoms with E-state index in [0.29, 0.717) is 44.4 Å². The van der Waals surface area contributed by atoms with Crippen LogP contribution in [0, 0.1) is 0 Å². The van der Waals surface area contributed by atoms with Gasteiger partial charge in [-0.1, -0.05) is 11.2 Å². The summed E-state index contributed by atoms with van der Waals surface area (Å²) in [6, 6.07) is 3.71. The monoisotopic (exact) mass is 375 g/mol. The topological polar surface area (TPSA) is 103 Å². The molecular weight excluding hydrogens is 350 g/mol. The van der Waals surface area contributed by atoms with Crippen LogP contribution in [0.15, 0.2) is 29.0 Å². The molecule has 1 fully saturated rings. The maximum atomic E-state index is 12.4. The Labute approximate surface area is 158 Å². The number of methoxy groups -OCH3 is 1. The SMILES string of the molecule is COCCc1noc(CNC(=O)N2CCCC(OCc3cccnc3)C2)n1. The summed E-state index contributed by atoms with van der Waals surface area (Å²) < 4.78 is 16.0. The summed E-state index contributed by atoms with van der Waals surface area (Å²) in [5.41, 5.74) is 1.03. The summed E-state index contributed by atoms with van der Waals surface area (Å²) in [7, 11) is 1.62. The fourth-order valence-corrected chi connectivity index (χ4v) is 2.88. The first kappa shape index (κ1) is 19.2. The first-order valence-corrected chi connectivity index (χ1v) is 9.08. The van der Waals surface area contributed by atoms with Crippen molar-refractivity contribution in [2.75, 3.05) is 26.8 Å². The summed E-state index contributed by atoms with van der Waals surface area (Å²) in [4.78, 5) is 22.5. The van der Waals surface area contributed by atoms with Gasteiger partial charge < -0.3 is 24.2 Å². The molecule has 1 N–H and O–H groups in total. The van der Waals surface area contributed by atoms with Gasteiger partial charge in [-0.2, -0.15) is 4.98 Å². The van der Waals surface area contributed by atoms with Crippen molar-refractivity contribution in [3.05, 3.63) is 41.8 Å². The number of piperidine rings is 1. The second kappa shape index (κ2) is 9.98. The van der Waals surface area contributed by atoms with Crippen molar-refractivity contribution in [2.45, 2.75) is 38.5 Å². The van der Waals surface area contributed by atoms with E-state index in [1.54, 1.807) is 24.4 Å². The van der Waals surface area contributed by atoms with Gasteiger partial charge in [0.2, 0.25) is 5.89 Å². The zero-order valence-electron chi connectivity index (χ0n) is 15.5. The molecule has 1 saturated heterocycles. The van der Waals surface area contributed by atoms with Crippen LogP contribution in [0.4, 0.5) is 4.79 Å². The van der Waals surface area contributed by atoms with Crippen LogP contribution in [-0.2, 0) is 29.0 Å². The predicted molar refractivity (Wildman–Crippen MR) is 95.7 cm³/mol. The van der Waals surface area contributed by atoms with E-state index in [-0.39, 0.29) is 18.7 Å². The third kappa shape index (κ3) is 6.00. The molecule has 9 nitrogen and oxygen atoms in total. The highest BCUT2D eigenvalue weighted by atomic mass is 16.5. The molecule has 1 aliphatic heterocycles. The van der Waals surface area contributed by atoms with Crippen molar-refractivity contribution >= 4 is 6.03 Å². The average molecular weight is 375 g/mol. The normalized spacial score (nSPS) is 17.1. The lowest BCUT2D eigenvalue weighted by molar-refractivity contribution is -0.000511. The van der Waals surface area contributed by atoms with Crippen molar-refractivity contribution in [1.29, 1.82) is 0 Å². The predicted octanol–water partition coefficient (Wildman–Crippen LogP) is 1.54. The zero-order chi connectivity index (χ0) is 18.9. The van der Waals surface area contributed by atoms with Crippen LogP contribution >= 0.6 is 0 Å². The number of amides is 2. The molecule has 2 aromatic heterocycles. The van der Waals surface area contributed by atoms with Gasteiger partial charge in [0, 0.05) is 39.0 Å². The van der Waals surface area contributed by atoms with E-state index < -0.39 is 0 Å². The van der Waals surface area contributed by atoms with Crippen LogP contribution in [0.5, 0.6) is 0 Å². The minimum Gasteiger partial charge on any atom is -0.384 e. The molecule has 2 amide bonds. The Bertz CT molecular complexity index is 709. The molecule has 3 rings (SSSR count). The highest BCUT2D eigenvalue weighted by molar-refractivity contribution is 5.74. The van der Waals surface area contributed by atoms with E-state index in [1.165, 1.54) is 0 Å². The summed E-state index contributed by atoms with van der Waals surface area (Å²) in [5.74, 6) is 0.957. The molecule has 1 aliphatic rings. The Hall–Kier alpha value is -2.52. The Morgan fingerprint density at radius 1 is 1.48 bits per heavy atom. The standard InChI is InChI=1S/C18H25N5O4/c1-25-9-6-16-21-17(27-22-16)11-20-18(24)23-8-3-5-15(12-23)26-13-14-4-2-7-19-10-14/h2,4,7,10,15H,3,5-6,8-9,11-13H2,1H3,(H,20,24). The van der Waals surface area contributed by atoms with Gasteiger partial charge in [-0.3, -0.25) is 4.98 Å². The molecule has 27 heavy (non-hydrogen) atoms. The molecule has 146 valence electrons. The van der Waals surface area contributed by atoms with Crippen molar-refractivity contribution in [3.8, 4) is 0 Å². The summed E-state index contributed by atoms with van der Waals surface area (Å²) in [6.07, 6.45) is 5.98. The quantitative estimate of drug-likeness (QED) is 0.746. The smallest absolute Gasteiger partial charge is 0.317 e. The first-order chi connectivity index (χ1) is 13.2. The fraction of sp³-hybridized carbons (Fsp3) is 0.556. The maximum absolute atomic E-state index is 12.4. The van der Waals surface area contributed by atoms with Gasteiger partial charge in [0.15, 0.2) is 5.82 Å². The molecule has 0 saturated carbocycles. The van der Waals surface area contributed by atoms with Gasteiger partial charge in [-0.25, -0.2) is 4.79 Å². The number of hydrogen-bond acceptors (Lipinski definition) is 7. The molecule has 0 spiro atoms. The molecule has 9 heteroatoms. The molecule has 3 heterocycles. The number of nitrogens with zero attached hydrogens (tertiary/aromatic N) is 4. The van der Waals surface area contributed by atoms with Crippen LogP contribution in [0.25, 0.3) is 0 Å². The van der Waals surface area contributed by atoms with Crippen molar-refractivity contribution in [1.82, 2.24) is 25.3 Å². The molecule has 2 aromatic rings. The van der Waals surface area contributed by atoms with Gasteiger partial charge in [-0.15, -0.1) is 0 Å². The number of carbonyl (C=O) groups is 1. The maximum Gasteiger partial charge on any atom is 0.317 e. The van der Waals surface area contributed by atoms with Gasteiger partial charge in [-0.05, 0) is 24.5 Å². The third-order valence-electron chi connectivity index (χ3n) is 4.30. The molecule has 1 atom stereocenters. The second-order valence-corrected chi connectivity index (χ2v) is 6.39. The van der Waals surface area contributed by atoms with Gasteiger partial charge in [0.1, 0.15) is 0 Å². The van der Waals surface area contributed by atoms with E-state index in [0.717, 1.165) is 18.4 Å². The van der Waals surface area contributed by atoms with Crippen LogP contribution in [-0.4, -0.2) is 59.0 Å². The minimum absolute atomic E-state index is 0.0220. The molecule has 0 radical (unpaired) electrons. The Morgan fingerprint density at radius 2 is 2.41 bits per heavy atom. The second-order valence-electron chi connectivity index (χ2n) is 6.39. The van der Waals surface area contributed by atoms with E-state index in [4.69, 9.17) is 14.0 Å². The molecular formula is C18H25N5O4. The Balaban J connectivity index is 1.42. The van der Waals surface area contributed by atoms with Gasteiger partial charge in [0.25, 0.3) is 0 Å². The lowest BCUT2D eigenvalue weighted by atomic mass is 10.1. The number of ether oxygens (including phenoxy) is 2. The lowest BCUT2D eigenvalue weighted by Crippen LogP contribution is -2.47. The van der Waals surface area contributed by atoms with E-state index in [9.17, 15) is 4.79 Å². The van der Waals surface area contributed by atoms with Gasteiger partial charge >= 0.3 is 6.03 Å². The van der Waals surface area contributed by atoms with E-state index in [2.05, 4.69) is 20.4 Å². The van der Waals surface area contributed by atoms with Crippen LogP contribution in [0.3, 0.4) is 0 Å². The molecule has 0 aromatic carbocycles. The highest BCUT2D eigenvalue weighted by Crippen LogP contribution is 2.15. The molecule has 0 aliphatic carbocycles. The number of aromatic nitrogens is 3. The number of nitrogens with one attached hydrogen (secondary N) is 1. The fourth-order valence-electron chi connectivity index (χ4n) is 2.88. The largest absolute Gasteiger partial charge is 0.384 e. The summed E-state index contributed by atoms with van der Waals surface area (Å²) in [6.45, 7) is 2.51. The molecule has 0 bridgehead atoms. The number of pyridine rings is 1. The number of urea groups is 1. The van der Waals surface area contributed by atoms with E-state index >= 15 is 0 Å². The first-order valence-electron chi connectivity index (χ1n) is 9.08. The summed E-state index contributed by atoms with van der Waals surface area (Å²) >= 11 is 0. The third-order valence-corrected chi connectivity index (χ3v) is 4.30. The Morgan fingerprint density at radius 3 is 3.22 bits per heavy atom. The van der Waals surface area contributed by atoms with Crippen molar-refractivity contribution in [3.63, 3.8) is 0 Å². The lowest BCUT2D eigenvalue weighted by Gasteiger charge is -2.32. The summed E-state index contributed by atoms with van der Waals surface area (Å²) in [5, 5.41) is 6.68. The van der Waals surface area contributed by atoms with Crippen LogP contribution in [0.1, 0.15) is 30.1 Å². The number of hydrogen-bond donors (Lipinski definition) is 1. The Kier molecular flexibility index (Phi) is 7.11. The number of likely N-dealkylation sites (tertiary alicyclic amines) is 1. The van der Waals surface area contributed by atoms with Gasteiger partial charge in [0.05, 0.1) is 25.9 Å². The number of carbonyl (C=O) groups excluding carboxylic acids is 1. The van der Waals surface area contributed by atoms with Crippen LogP contribution < -0.4 is 5.32 Å². The zero-order valence-corrected chi connectivity index (χ0v) is 15.5. The average Bonchev–Trinajstić information content (AvgIpc) is 3.18. The van der Waals surface area contributed by atoms with E-state index in [1.807, 2.05) is 12.1 Å².